The zero-order valence-electron chi connectivity index (χ0n) is 16.7. The summed E-state index contributed by atoms with van der Waals surface area (Å²) >= 11 is 0. The number of hydrogen-bond acceptors (Lipinski definition) is 6. The predicted molar refractivity (Wildman–Crippen MR) is 113 cm³/mol. The van der Waals surface area contributed by atoms with Crippen LogP contribution in [0.2, 0.25) is 0 Å². The minimum absolute atomic E-state index is 0.150. The highest BCUT2D eigenvalue weighted by atomic mass is 32.2. The van der Waals surface area contributed by atoms with Crippen molar-refractivity contribution in [2.45, 2.75) is 37.1 Å². The number of anilines is 1. The van der Waals surface area contributed by atoms with Gasteiger partial charge in [0.05, 0.1) is 18.5 Å². The van der Waals surface area contributed by atoms with E-state index < -0.39 is 16.1 Å². The van der Waals surface area contributed by atoms with Crippen LogP contribution in [0.3, 0.4) is 0 Å². The van der Waals surface area contributed by atoms with E-state index in [9.17, 15) is 13.2 Å². The molecule has 160 valence electrons. The smallest absolute Gasteiger partial charge is 0.334 e. The number of carbonyl (C=O) groups is 1. The van der Waals surface area contributed by atoms with Crippen molar-refractivity contribution >= 4 is 21.9 Å². The van der Waals surface area contributed by atoms with Crippen molar-refractivity contribution in [2.24, 2.45) is 0 Å². The first-order valence-corrected chi connectivity index (χ1v) is 11.6. The van der Waals surface area contributed by atoms with Crippen molar-refractivity contribution in [2.75, 3.05) is 11.9 Å². The lowest BCUT2D eigenvalue weighted by atomic mass is 10.1. The topological polar surface area (TPSA) is 115 Å². The summed E-state index contributed by atoms with van der Waals surface area (Å²) in [6.07, 6.45) is 4.58. The Bertz CT molecular complexity index is 1250. The molecule has 1 aliphatic carbocycles. The van der Waals surface area contributed by atoms with E-state index in [1.807, 2.05) is 36.4 Å². The zero-order chi connectivity index (χ0) is 21.4. The molecule has 1 aromatic carbocycles. The molecule has 3 heterocycles. The van der Waals surface area contributed by atoms with Crippen LogP contribution in [0.5, 0.6) is 5.88 Å². The number of hydrogen-bond donors (Lipinski definition) is 2. The monoisotopic (exact) mass is 439 g/mol. The summed E-state index contributed by atoms with van der Waals surface area (Å²) in [6.45, 7) is 0.974. The largest absolute Gasteiger partial charge is 0.477 e. The Morgan fingerprint density at radius 2 is 1.97 bits per heavy atom. The lowest BCUT2D eigenvalue weighted by Gasteiger charge is -2.16. The number of nitrogens with zero attached hydrogens (tertiary/aromatic N) is 3. The standard InChI is InChI=1S/C21H21N5O4S/c27-21(25-31(28,29)18-13-22-26-10-5-11-30-20(18)26)24-19-16-9-4-8-15(16)12-17(23-19)14-6-2-1-3-7-14/h1-3,6-7,12-13H,4-5,8-11H2,(H2,23,24,25,27). The van der Waals surface area contributed by atoms with Gasteiger partial charge in [0.2, 0.25) is 5.88 Å². The summed E-state index contributed by atoms with van der Waals surface area (Å²) in [5, 5.41) is 6.68. The highest BCUT2D eigenvalue weighted by molar-refractivity contribution is 7.90. The Morgan fingerprint density at radius 1 is 1.13 bits per heavy atom. The summed E-state index contributed by atoms with van der Waals surface area (Å²) in [6, 6.07) is 10.8. The molecule has 2 N–H and O–H groups in total. The second-order valence-corrected chi connectivity index (χ2v) is 9.16. The normalized spacial score (nSPS) is 15.0. The molecular formula is C21H21N5O4S. The van der Waals surface area contributed by atoms with Crippen molar-refractivity contribution < 1.29 is 17.9 Å². The molecule has 0 atom stereocenters. The van der Waals surface area contributed by atoms with E-state index in [2.05, 4.69) is 20.1 Å². The number of ether oxygens (including phenoxy) is 1. The van der Waals surface area contributed by atoms with E-state index >= 15 is 0 Å². The number of carbonyl (C=O) groups excluding carboxylic acids is 1. The molecule has 0 unspecified atom stereocenters. The van der Waals surface area contributed by atoms with Crippen LogP contribution in [-0.4, -0.2) is 35.8 Å². The molecule has 31 heavy (non-hydrogen) atoms. The summed E-state index contributed by atoms with van der Waals surface area (Å²) < 4.78 is 34.5. The average molecular weight is 439 g/mol. The highest BCUT2D eigenvalue weighted by Crippen LogP contribution is 2.32. The van der Waals surface area contributed by atoms with E-state index in [0.29, 0.717) is 19.0 Å². The molecular weight excluding hydrogens is 418 g/mol. The van der Waals surface area contributed by atoms with Crippen molar-refractivity contribution in [3.05, 3.63) is 53.7 Å². The van der Waals surface area contributed by atoms with Crippen molar-refractivity contribution in [1.29, 1.82) is 0 Å². The Kier molecular flexibility index (Phi) is 4.85. The minimum Gasteiger partial charge on any atom is -0.477 e. The number of aryl methyl sites for hydroxylation is 2. The van der Waals surface area contributed by atoms with Gasteiger partial charge >= 0.3 is 6.03 Å². The fourth-order valence-electron chi connectivity index (χ4n) is 3.98. The fraction of sp³-hybridized carbons (Fsp3) is 0.286. The minimum atomic E-state index is -4.15. The van der Waals surface area contributed by atoms with Gasteiger partial charge in [0.15, 0.2) is 4.90 Å². The number of pyridine rings is 1. The van der Waals surface area contributed by atoms with Crippen LogP contribution in [0, 0.1) is 0 Å². The molecule has 0 saturated carbocycles. The van der Waals surface area contributed by atoms with E-state index in [4.69, 9.17) is 4.74 Å². The zero-order valence-corrected chi connectivity index (χ0v) is 17.5. The van der Waals surface area contributed by atoms with Gasteiger partial charge in [-0.25, -0.2) is 27.6 Å². The van der Waals surface area contributed by atoms with Gasteiger partial charge in [0.1, 0.15) is 5.82 Å². The maximum Gasteiger partial charge on any atom is 0.334 e. The van der Waals surface area contributed by atoms with E-state index in [1.165, 1.54) is 10.9 Å². The number of fused-ring (bicyclic) bond motifs is 2. The summed E-state index contributed by atoms with van der Waals surface area (Å²) in [7, 11) is -4.15. The second kappa shape index (κ2) is 7.69. The van der Waals surface area contributed by atoms with Gasteiger partial charge in [-0.3, -0.25) is 5.32 Å². The molecule has 9 nitrogen and oxygen atoms in total. The molecule has 0 fully saturated rings. The molecule has 10 heteroatoms. The maximum absolute atomic E-state index is 12.8. The van der Waals surface area contributed by atoms with Crippen LogP contribution in [0.1, 0.15) is 24.0 Å². The van der Waals surface area contributed by atoms with Crippen LogP contribution in [0.15, 0.2) is 47.5 Å². The third kappa shape index (κ3) is 3.74. The van der Waals surface area contributed by atoms with Crippen molar-refractivity contribution in [3.8, 4) is 17.1 Å². The lowest BCUT2D eigenvalue weighted by Crippen LogP contribution is -2.35. The lowest BCUT2D eigenvalue weighted by molar-refractivity contribution is 0.224. The molecule has 0 bridgehead atoms. The van der Waals surface area contributed by atoms with Gasteiger partial charge in [-0.2, -0.15) is 5.10 Å². The number of amides is 2. The number of urea groups is 1. The predicted octanol–water partition coefficient (Wildman–Crippen LogP) is 2.73. The summed E-state index contributed by atoms with van der Waals surface area (Å²) in [5.74, 6) is 0.534. The quantitative estimate of drug-likeness (QED) is 0.646. The third-order valence-corrected chi connectivity index (χ3v) is 6.73. The van der Waals surface area contributed by atoms with E-state index in [1.54, 1.807) is 0 Å². The first-order chi connectivity index (χ1) is 15.0. The second-order valence-electron chi connectivity index (χ2n) is 7.51. The number of nitrogens with one attached hydrogen (secondary N) is 2. The maximum atomic E-state index is 12.8. The van der Waals surface area contributed by atoms with Gasteiger partial charge in [-0.15, -0.1) is 0 Å². The summed E-state index contributed by atoms with van der Waals surface area (Å²) in [4.78, 5) is 17.1. The Morgan fingerprint density at radius 3 is 2.81 bits per heavy atom. The van der Waals surface area contributed by atoms with Crippen LogP contribution < -0.4 is 14.8 Å². The summed E-state index contributed by atoms with van der Waals surface area (Å²) in [5.41, 5.74) is 3.72. The van der Waals surface area contributed by atoms with Gasteiger partial charge < -0.3 is 4.74 Å². The number of aromatic nitrogens is 3. The Balaban J connectivity index is 1.41. The number of benzene rings is 1. The molecule has 0 saturated heterocycles. The Hall–Kier alpha value is -3.40. The molecule has 5 rings (SSSR count). The van der Waals surface area contributed by atoms with Crippen molar-refractivity contribution in [3.63, 3.8) is 0 Å². The number of rotatable bonds is 4. The Labute approximate surface area is 179 Å². The molecule has 2 amide bonds. The van der Waals surface area contributed by atoms with Crippen LogP contribution >= 0.6 is 0 Å². The van der Waals surface area contributed by atoms with Gasteiger partial charge in [-0.1, -0.05) is 30.3 Å². The molecule has 0 radical (unpaired) electrons. The average Bonchev–Trinajstić information content (AvgIpc) is 3.41. The van der Waals surface area contributed by atoms with Crippen LogP contribution in [0.25, 0.3) is 11.3 Å². The SMILES string of the molecule is O=C(Nc1nc(-c2ccccc2)cc2c1CCC2)NS(=O)(=O)c1cnn2c1OCCC2. The van der Waals surface area contributed by atoms with Crippen LogP contribution in [-0.2, 0) is 29.4 Å². The van der Waals surface area contributed by atoms with Crippen LogP contribution in [0.4, 0.5) is 10.6 Å². The molecule has 0 spiro atoms. The third-order valence-electron chi connectivity index (χ3n) is 5.42. The van der Waals surface area contributed by atoms with Gasteiger partial charge in [0.25, 0.3) is 10.0 Å². The molecule has 2 aromatic heterocycles. The van der Waals surface area contributed by atoms with Gasteiger partial charge in [0, 0.05) is 18.5 Å². The van der Waals surface area contributed by atoms with Gasteiger partial charge in [-0.05, 0) is 36.5 Å². The number of sulfonamides is 1. The first kappa shape index (κ1) is 19.6. The molecule has 2 aliphatic rings. The van der Waals surface area contributed by atoms with E-state index in [-0.39, 0.29) is 10.8 Å². The fourth-order valence-corrected chi connectivity index (χ4v) is 4.97. The highest BCUT2D eigenvalue weighted by Gasteiger charge is 2.29. The van der Waals surface area contributed by atoms with Crippen molar-refractivity contribution in [1.82, 2.24) is 19.5 Å². The molecule has 1 aliphatic heterocycles. The molecule has 3 aromatic rings. The van der Waals surface area contributed by atoms with E-state index in [0.717, 1.165) is 48.1 Å². The first-order valence-electron chi connectivity index (χ1n) is 10.1.